The molecule has 2 heterocycles. The van der Waals surface area contributed by atoms with Crippen molar-refractivity contribution in [3.8, 4) is 5.75 Å². The number of aromatic nitrogens is 1. The van der Waals surface area contributed by atoms with Gasteiger partial charge in [0.2, 0.25) is 6.29 Å². The van der Waals surface area contributed by atoms with Crippen molar-refractivity contribution in [2.75, 3.05) is 6.61 Å². The molecule has 94 valence electrons. The molecule has 0 saturated carbocycles. The maximum atomic E-state index is 12.3. The fourth-order valence-electron chi connectivity index (χ4n) is 2.46. The predicted octanol–water partition coefficient (Wildman–Crippen LogP) is 1.84. The fourth-order valence-corrected chi connectivity index (χ4v) is 2.46. The SMILES string of the molecule is CCOC1Cc2c(c3ccccc3n(C)c2=O)O1. The van der Waals surface area contributed by atoms with Crippen LogP contribution in [-0.4, -0.2) is 17.5 Å². The van der Waals surface area contributed by atoms with E-state index in [9.17, 15) is 4.79 Å². The van der Waals surface area contributed by atoms with E-state index in [1.54, 1.807) is 11.6 Å². The van der Waals surface area contributed by atoms with Crippen molar-refractivity contribution < 1.29 is 9.47 Å². The first-order chi connectivity index (χ1) is 8.72. The highest BCUT2D eigenvalue weighted by atomic mass is 16.7. The predicted molar refractivity (Wildman–Crippen MR) is 68.9 cm³/mol. The van der Waals surface area contributed by atoms with Gasteiger partial charge in [-0.25, -0.2) is 0 Å². The van der Waals surface area contributed by atoms with Crippen LogP contribution in [0.4, 0.5) is 0 Å². The van der Waals surface area contributed by atoms with Crippen LogP contribution in [-0.2, 0) is 18.2 Å². The standard InChI is InChI=1S/C14H15NO3/c1-3-17-12-8-10-13(18-12)9-6-4-5-7-11(9)15(2)14(10)16/h4-7,12H,3,8H2,1-2H3. The van der Waals surface area contributed by atoms with Crippen molar-refractivity contribution in [1.82, 2.24) is 4.57 Å². The van der Waals surface area contributed by atoms with E-state index in [2.05, 4.69) is 0 Å². The van der Waals surface area contributed by atoms with E-state index < -0.39 is 0 Å². The maximum Gasteiger partial charge on any atom is 0.257 e. The summed E-state index contributed by atoms with van der Waals surface area (Å²) in [4.78, 5) is 12.3. The van der Waals surface area contributed by atoms with Gasteiger partial charge in [-0.2, -0.15) is 0 Å². The molecule has 0 N–H and O–H groups in total. The van der Waals surface area contributed by atoms with E-state index in [-0.39, 0.29) is 11.8 Å². The summed E-state index contributed by atoms with van der Waals surface area (Å²) >= 11 is 0. The summed E-state index contributed by atoms with van der Waals surface area (Å²) in [6.45, 7) is 2.50. The molecule has 0 bridgehead atoms. The quantitative estimate of drug-likeness (QED) is 0.810. The van der Waals surface area contributed by atoms with Crippen LogP contribution < -0.4 is 10.3 Å². The number of rotatable bonds is 2. The molecule has 1 atom stereocenters. The molecule has 1 unspecified atom stereocenters. The zero-order chi connectivity index (χ0) is 12.7. The summed E-state index contributed by atoms with van der Waals surface area (Å²) in [5.41, 5.74) is 1.61. The topological polar surface area (TPSA) is 40.5 Å². The minimum absolute atomic E-state index is 0.00547. The lowest BCUT2D eigenvalue weighted by atomic mass is 10.1. The minimum Gasteiger partial charge on any atom is -0.463 e. The van der Waals surface area contributed by atoms with Crippen molar-refractivity contribution in [3.63, 3.8) is 0 Å². The average molecular weight is 245 g/mol. The number of ether oxygens (including phenoxy) is 2. The molecule has 1 aromatic heterocycles. The number of hydrogen-bond donors (Lipinski definition) is 0. The molecule has 18 heavy (non-hydrogen) atoms. The molecule has 0 aliphatic carbocycles. The Hall–Kier alpha value is -1.81. The van der Waals surface area contributed by atoms with Gasteiger partial charge in [0.15, 0.2) is 0 Å². The van der Waals surface area contributed by atoms with Crippen molar-refractivity contribution in [2.45, 2.75) is 19.6 Å². The van der Waals surface area contributed by atoms with Crippen LogP contribution in [0.5, 0.6) is 5.75 Å². The normalized spacial score (nSPS) is 17.8. The van der Waals surface area contributed by atoms with Crippen molar-refractivity contribution in [2.24, 2.45) is 7.05 Å². The first kappa shape index (κ1) is 11.3. The summed E-state index contributed by atoms with van der Waals surface area (Å²) in [5.74, 6) is 0.687. The molecule has 0 radical (unpaired) electrons. The number of pyridine rings is 1. The molecule has 1 aliphatic rings. The summed E-state index contributed by atoms with van der Waals surface area (Å²) in [5, 5.41) is 0.969. The zero-order valence-electron chi connectivity index (χ0n) is 10.5. The molecule has 1 aliphatic heterocycles. The van der Waals surface area contributed by atoms with Gasteiger partial charge >= 0.3 is 0 Å². The van der Waals surface area contributed by atoms with Gasteiger partial charge in [-0.1, -0.05) is 12.1 Å². The van der Waals surface area contributed by atoms with E-state index in [0.29, 0.717) is 18.8 Å². The lowest BCUT2D eigenvalue weighted by Gasteiger charge is -2.11. The number of benzene rings is 1. The fraction of sp³-hybridized carbons (Fsp3) is 0.357. The summed E-state index contributed by atoms with van der Waals surface area (Å²) in [6.07, 6.45) is 0.198. The van der Waals surface area contributed by atoms with E-state index in [1.807, 2.05) is 31.2 Å². The Kier molecular flexibility index (Phi) is 2.59. The molecule has 1 aromatic carbocycles. The molecule has 3 rings (SSSR count). The largest absolute Gasteiger partial charge is 0.463 e. The van der Waals surface area contributed by atoms with Crippen LogP contribution in [0, 0.1) is 0 Å². The number of aryl methyl sites for hydroxylation is 1. The van der Waals surface area contributed by atoms with Crippen LogP contribution in [0.1, 0.15) is 12.5 Å². The number of hydrogen-bond acceptors (Lipinski definition) is 3. The highest BCUT2D eigenvalue weighted by Crippen LogP contribution is 2.33. The third kappa shape index (κ3) is 1.53. The molecule has 0 spiro atoms. The van der Waals surface area contributed by atoms with Crippen LogP contribution in [0.3, 0.4) is 0 Å². The molecule has 0 amide bonds. The second kappa shape index (κ2) is 4.14. The number of fused-ring (bicyclic) bond motifs is 3. The van der Waals surface area contributed by atoms with Gasteiger partial charge < -0.3 is 14.0 Å². The second-order valence-corrected chi connectivity index (χ2v) is 4.40. The van der Waals surface area contributed by atoms with Gasteiger partial charge in [-0.3, -0.25) is 4.79 Å². The highest BCUT2D eigenvalue weighted by Gasteiger charge is 2.28. The molecule has 4 heteroatoms. The summed E-state index contributed by atoms with van der Waals surface area (Å²) in [7, 11) is 1.79. The van der Waals surface area contributed by atoms with Crippen LogP contribution in [0.15, 0.2) is 29.1 Å². The third-order valence-electron chi connectivity index (χ3n) is 3.32. The summed E-state index contributed by atoms with van der Waals surface area (Å²) in [6, 6.07) is 7.77. The molecular formula is C14H15NO3. The first-order valence-corrected chi connectivity index (χ1v) is 6.11. The van der Waals surface area contributed by atoms with E-state index >= 15 is 0 Å². The molecular weight excluding hydrogens is 230 g/mol. The molecule has 2 aromatic rings. The number of para-hydroxylation sites is 1. The Morgan fingerprint density at radius 3 is 3.00 bits per heavy atom. The van der Waals surface area contributed by atoms with Gasteiger partial charge in [-0.15, -0.1) is 0 Å². The van der Waals surface area contributed by atoms with Crippen LogP contribution in [0.2, 0.25) is 0 Å². The Labute approximate surface area is 105 Å². The van der Waals surface area contributed by atoms with Gasteiger partial charge in [-0.05, 0) is 19.1 Å². The first-order valence-electron chi connectivity index (χ1n) is 6.11. The molecule has 0 fully saturated rings. The highest BCUT2D eigenvalue weighted by molar-refractivity contribution is 5.87. The maximum absolute atomic E-state index is 12.3. The second-order valence-electron chi connectivity index (χ2n) is 4.40. The van der Waals surface area contributed by atoms with Crippen molar-refractivity contribution in [1.29, 1.82) is 0 Å². The average Bonchev–Trinajstić information content (AvgIpc) is 2.81. The van der Waals surface area contributed by atoms with Crippen LogP contribution >= 0.6 is 0 Å². The van der Waals surface area contributed by atoms with Crippen LogP contribution in [0.25, 0.3) is 10.9 Å². The zero-order valence-corrected chi connectivity index (χ0v) is 10.5. The smallest absolute Gasteiger partial charge is 0.257 e. The Morgan fingerprint density at radius 2 is 2.22 bits per heavy atom. The summed E-state index contributed by atoms with van der Waals surface area (Å²) < 4.78 is 12.9. The lowest BCUT2D eigenvalue weighted by molar-refractivity contribution is -0.0596. The third-order valence-corrected chi connectivity index (χ3v) is 3.32. The van der Waals surface area contributed by atoms with Gasteiger partial charge in [0.05, 0.1) is 11.1 Å². The minimum atomic E-state index is -0.330. The Balaban J connectivity index is 2.24. The van der Waals surface area contributed by atoms with E-state index in [4.69, 9.17) is 9.47 Å². The van der Waals surface area contributed by atoms with Crippen molar-refractivity contribution in [3.05, 3.63) is 40.2 Å². The van der Waals surface area contributed by atoms with Gasteiger partial charge in [0.25, 0.3) is 5.56 Å². The van der Waals surface area contributed by atoms with Crippen molar-refractivity contribution >= 4 is 10.9 Å². The van der Waals surface area contributed by atoms with Gasteiger partial charge in [0.1, 0.15) is 5.75 Å². The lowest BCUT2D eigenvalue weighted by Crippen LogP contribution is -2.21. The number of nitrogens with zero attached hydrogens (tertiary/aromatic N) is 1. The van der Waals surface area contributed by atoms with E-state index in [0.717, 1.165) is 16.5 Å². The molecule has 4 nitrogen and oxygen atoms in total. The van der Waals surface area contributed by atoms with Gasteiger partial charge in [0, 0.05) is 25.5 Å². The monoisotopic (exact) mass is 245 g/mol. The Bertz CT molecular complexity index is 660. The van der Waals surface area contributed by atoms with E-state index in [1.165, 1.54) is 0 Å². The molecule has 0 saturated heterocycles. The Morgan fingerprint density at radius 1 is 1.44 bits per heavy atom.